The lowest BCUT2D eigenvalue weighted by molar-refractivity contribution is -0.414. The Bertz CT molecular complexity index is 762. The first-order valence-corrected chi connectivity index (χ1v) is 9.42. The molecule has 1 aromatic heterocycles. The summed E-state index contributed by atoms with van der Waals surface area (Å²) in [6, 6.07) is 9.78. The third-order valence-electron chi connectivity index (χ3n) is 4.43. The van der Waals surface area contributed by atoms with Crippen molar-refractivity contribution in [1.29, 1.82) is 0 Å². The summed E-state index contributed by atoms with van der Waals surface area (Å²) >= 11 is 1.31. The molecule has 1 fully saturated rings. The van der Waals surface area contributed by atoms with E-state index < -0.39 is 5.60 Å². The van der Waals surface area contributed by atoms with Gasteiger partial charge in [-0.25, -0.2) is 4.98 Å². The first kappa shape index (κ1) is 17.7. The van der Waals surface area contributed by atoms with Gasteiger partial charge in [0.15, 0.2) is 11.4 Å². The van der Waals surface area contributed by atoms with E-state index in [1.165, 1.54) is 11.8 Å². The summed E-state index contributed by atoms with van der Waals surface area (Å²) in [4.78, 5) is 27.6. The first-order chi connectivity index (χ1) is 12.0. The number of hydrogen-bond donors (Lipinski definition) is 1. The molecule has 0 aliphatic carbocycles. The van der Waals surface area contributed by atoms with E-state index in [-0.39, 0.29) is 23.4 Å². The number of ketones is 1. The third-order valence-corrected chi connectivity index (χ3v) is 5.30. The molecule has 0 bridgehead atoms. The van der Waals surface area contributed by atoms with Crippen LogP contribution in [0.4, 0.5) is 0 Å². The van der Waals surface area contributed by atoms with Gasteiger partial charge in [-0.3, -0.25) is 9.59 Å². The van der Waals surface area contributed by atoms with Gasteiger partial charge < -0.3 is 4.74 Å². The smallest absolute Gasteiger partial charge is 0.335 e. The minimum absolute atomic E-state index is 0.0814. The SMILES string of the molecule is CCCC1CC(C)(C(=O)CSc2n[nH]c(-c3ccccc3)[nH+]2)OC1=O. The van der Waals surface area contributed by atoms with Crippen LogP contribution in [0.1, 0.15) is 33.1 Å². The van der Waals surface area contributed by atoms with Crippen LogP contribution in [0.5, 0.6) is 0 Å². The van der Waals surface area contributed by atoms with Gasteiger partial charge in [0.1, 0.15) is 0 Å². The maximum atomic E-state index is 12.6. The minimum Gasteiger partial charge on any atom is -0.451 e. The number of ether oxygens (including phenoxy) is 1. The predicted molar refractivity (Wildman–Crippen MR) is 93.8 cm³/mol. The molecule has 1 aliphatic heterocycles. The Morgan fingerprint density at radius 1 is 1.44 bits per heavy atom. The zero-order chi connectivity index (χ0) is 17.9. The number of nitrogens with one attached hydrogen (secondary N) is 2. The Morgan fingerprint density at radius 3 is 2.92 bits per heavy atom. The van der Waals surface area contributed by atoms with E-state index in [1.54, 1.807) is 6.92 Å². The summed E-state index contributed by atoms with van der Waals surface area (Å²) in [5.74, 6) is 0.503. The van der Waals surface area contributed by atoms with Crippen LogP contribution in [0.15, 0.2) is 35.5 Å². The average Bonchev–Trinajstić information content (AvgIpc) is 3.19. The standard InChI is InChI=1S/C18H21N3O3S/c1-3-7-13-10-18(2,24-16(13)23)14(22)11-25-17-19-15(20-21-17)12-8-5-4-6-9-12/h4-6,8-9,13H,3,7,10-11H2,1-2H3,(H,19,20,21)/p+1. The van der Waals surface area contributed by atoms with Gasteiger partial charge in [0.2, 0.25) is 0 Å². The number of nitrogens with zero attached hydrogens (tertiary/aromatic N) is 1. The predicted octanol–water partition coefficient (Wildman–Crippen LogP) is 2.67. The van der Waals surface area contributed by atoms with Crippen molar-refractivity contribution in [3.63, 3.8) is 0 Å². The molecule has 2 heterocycles. The normalized spacial score (nSPS) is 22.8. The van der Waals surface area contributed by atoms with Crippen LogP contribution >= 0.6 is 11.8 Å². The molecule has 1 saturated heterocycles. The Morgan fingerprint density at radius 2 is 2.20 bits per heavy atom. The number of aromatic amines is 2. The molecular formula is C18H22N3O3S+. The van der Waals surface area contributed by atoms with E-state index in [0.717, 1.165) is 24.2 Å². The highest BCUT2D eigenvalue weighted by atomic mass is 32.2. The van der Waals surface area contributed by atoms with Crippen LogP contribution in [-0.2, 0) is 14.3 Å². The van der Waals surface area contributed by atoms with Crippen LogP contribution in [-0.4, -0.2) is 33.3 Å². The number of aromatic nitrogens is 3. The van der Waals surface area contributed by atoms with Crippen LogP contribution in [0.2, 0.25) is 0 Å². The summed E-state index contributed by atoms with van der Waals surface area (Å²) in [6.45, 7) is 3.74. The summed E-state index contributed by atoms with van der Waals surface area (Å²) in [5.41, 5.74) is -0.0186. The quantitative estimate of drug-likeness (QED) is 0.606. The number of esters is 1. The second kappa shape index (κ2) is 7.39. The highest BCUT2D eigenvalue weighted by Gasteiger charge is 2.47. The Balaban J connectivity index is 1.60. The molecule has 1 aliphatic rings. The van der Waals surface area contributed by atoms with Crippen molar-refractivity contribution in [3.05, 3.63) is 30.3 Å². The fourth-order valence-electron chi connectivity index (χ4n) is 3.01. The summed E-state index contributed by atoms with van der Waals surface area (Å²) < 4.78 is 5.40. The number of carbonyl (C=O) groups excluding carboxylic acids is 2. The van der Waals surface area contributed by atoms with Crippen molar-refractivity contribution < 1.29 is 19.3 Å². The van der Waals surface area contributed by atoms with Gasteiger partial charge in [-0.2, -0.15) is 0 Å². The number of benzene rings is 1. The van der Waals surface area contributed by atoms with E-state index in [0.29, 0.717) is 11.6 Å². The minimum atomic E-state index is -1.01. The van der Waals surface area contributed by atoms with Crippen LogP contribution in [0.25, 0.3) is 11.4 Å². The highest BCUT2D eigenvalue weighted by Crippen LogP contribution is 2.35. The number of rotatable bonds is 7. The van der Waals surface area contributed by atoms with Gasteiger partial charge in [0, 0.05) is 6.42 Å². The topological polar surface area (TPSA) is 86.2 Å². The Kier molecular flexibility index (Phi) is 5.22. The van der Waals surface area contributed by atoms with Crippen molar-refractivity contribution in [2.45, 2.75) is 43.9 Å². The van der Waals surface area contributed by atoms with Gasteiger partial charge in [-0.05, 0) is 37.2 Å². The molecule has 2 atom stereocenters. The monoisotopic (exact) mass is 360 g/mol. The molecule has 0 radical (unpaired) electrons. The zero-order valence-electron chi connectivity index (χ0n) is 14.4. The Hall–Kier alpha value is -2.15. The van der Waals surface area contributed by atoms with Gasteiger partial charge >= 0.3 is 11.1 Å². The number of carbonyl (C=O) groups is 2. The van der Waals surface area contributed by atoms with Crippen LogP contribution in [0, 0.1) is 5.92 Å². The molecule has 2 unspecified atom stereocenters. The van der Waals surface area contributed by atoms with Crippen LogP contribution in [0.3, 0.4) is 0 Å². The molecule has 6 nitrogen and oxygen atoms in total. The van der Waals surface area contributed by atoms with Crippen molar-refractivity contribution in [2.24, 2.45) is 5.92 Å². The van der Waals surface area contributed by atoms with Gasteiger partial charge in [-0.15, -0.1) is 5.10 Å². The second-order valence-corrected chi connectivity index (χ2v) is 7.41. The molecular weight excluding hydrogens is 338 g/mol. The first-order valence-electron chi connectivity index (χ1n) is 8.44. The maximum absolute atomic E-state index is 12.6. The lowest BCUT2D eigenvalue weighted by atomic mass is 9.90. The lowest BCUT2D eigenvalue weighted by Gasteiger charge is -2.20. The summed E-state index contributed by atoms with van der Waals surface area (Å²) in [6.07, 6.45) is 2.14. The van der Waals surface area contributed by atoms with Gasteiger partial charge in [-0.1, -0.05) is 31.5 Å². The highest BCUT2D eigenvalue weighted by molar-refractivity contribution is 7.99. The fourth-order valence-corrected chi connectivity index (χ4v) is 3.86. The third kappa shape index (κ3) is 3.92. The number of Topliss-reactive ketones (excluding diaryl/α,β-unsaturated/α-hetero) is 1. The van der Waals surface area contributed by atoms with E-state index in [9.17, 15) is 9.59 Å². The molecule has 3 rings (SSSR count). The van der Waals surface area contributed by atoms with E-state index >= 15 is 0 Å². The Labute approximate surface area is 150 Å². The number of thioether (sulfide) groups is 1. The summed E-state index contributed by atoms with van der Waals surface area (Å²) in [7, 11) is 0. The average molecular weight is 360 g/mol. The van der Waals surface area contributed by atoms with Crippen molar-refractivity contribution in [1.82, 2.24) is 10.2 Å². The van der Waals surface area contributed by atoms with Crippen molar-refractivity contribution in [2.75, 3.05) is 5.75 Å². The number of cyclic esters (lactones) is 1. The second-order valence-electron chi connectivity index (χ2n) is 6.45. The molecule has 1 aromatic carbocycles. The van der Waals surface area contributed by atoms with Gasteiger partial charge in [0.05, 0.1) is 22.3 Å². The molecule has 2 aromatic rings. The number of hydrogen-bond acceptors (Lipinski definition) is 5. The van der Waals surface area contributed by atoms with Crippen LogP contribution < -0.4 is 4.98 Å². The summed E-state index contributed by atoms with van der Waals surface area (Å²) in [5, 5.41) is 7.76. The van der Waals surface area contributed by atoms with E-state index in [4.69, 9.17) is 4.74 Å². The van der Waals surface area contributed by atoms with Crippen molar-refractivity contribution in [3.8, 4) is 11.4 Å². The maximum Gasteiger partial charge on any atom is 0.335 e. The number of H-pyrrole nitrogens is 2. The molecule has 0 amide bonds. The molecule has 25 heavy (non-hydrogen) atoms. The lowest BCUT2D eigenvalue weighted by Crippen LogP contribution is -2.36. The molecule has 7 heteroatoms. The molecule has 2 N–H and O–H groups in total. The van der Waals surface area contributed by atoms with Gasteiger partial charge in [0.25, 0.3) is 5.82 Å². The van der Waals surface area contributed by atoms with E-state index in [2.05, 4.69) is 15.2 Å². The largest absolute Gasteiger partial charge is 0.451 e. The van der Waals surface area contributed by atoms with E-state index in [1.807, 2.05) is 37.3 Å². The van der Waals surface area contributed by atoms with Crippen molar-refractivity contribution >= 4 is 23.5 Å². The molecule has 0 saturated carbocycles. The molecule has 132 valence electrons. The zero-order valence-corrected chi connectivity index (χ0v) is 15.2. The molecule has 0 spiro atoms. The fraction of sp³-hybridized carbons (Fsp3) is 0.444.